The molecule has 0 aliphatic carbocycles. The summed E-state index contributed by atoms with van der Waals surface area (Å²) in [6.07, 6.45) is 0. The maximum absolute atomic E-state index is 12.2. The number of carbonyl (C=O) groups excluding carboxylic acids is 1. The van der Waals surface area contributed by atoms with Crippen molar-refractivity contribution >= 4 is 32.7 Å². The van der Waals surface area contributed by atoms with Gasteiger partial charge in [-0.25, -0.2) is 13.2 Å². The molecule has 0 atom stereocenters. The summed E-state index contributed by atoms with van der Waals surface area (Å²) in [5.41, 5.74) is 0.750. The highest BCUT2D eigenvalue weighted by molar-refractivity contribution is 7.93. The zero-order valence-electron chi connectivity index (χ0n) is 10.8. The van der Waals surface area contributed by atoms with Crippen molar-refractivity contribution in [3.63, 3.8) is 0 Å². The van der Waals surface area contributed by atoms with E-state index in [2.05, 4.69) is 29.0 Å². The lowest BCUT2D eigenvalue weighted by atomic mass is 10.4. The lowest BCUT2D eigenvalue weighted by molar-refractivity contribution is 0.0588. The molecule has 2 aromatic rings. The smallest absolute Gasteiger partial charge is 0.377 e. The van der Waals surface area contributed by atoms with E-state index in [1.165, 1.54) is 7.11 Å². The van der Waals surface area contributed by atoms with Crippen LogP contribution in [0, 0.1) is 13.8 Å². The largest absolute Gasteiger partial charge is 0.463 e. The average Bonchev–Trinajstić information content (AvgIpc) is 2.95. The zero-order chi connectivity index (χ0) is 14.9. The number of carbonyl (C=O) groups is 1. The van der Waals surface area contributed by atoms with Gasteiger partial charge in [-0.3, -0.25) is 9.82 Å². The van der Waals surface area contributed by atoms with Gasteiger partial charge in [0.15, 0.2) is 0 Å². The number of aromatic nitrogens is 4. The maximum Gasteiger partial charge on any atom is 0.377 e. The third-order valence-electron chi connectivity index (χ3n) is 2.34. The number of sulfonamides is 1. The van der Waals surface area contributed by atoms with E-state index >= 15 is 0 Å². The molecule has 0 aliphatic heterocycles. The molecule has 0 aliphatic rings. The Bertz CT molecular complexity index is 729. The van der Waals surface area contributed by atoms with E-state index in [0.717, 1.165) is 11.5 Å². The van der Waals surface area contributed by atoms with Crippen LogP contribution >= 0.6 is 11.5 Å². The molecule has 108 valence electrons. The molecule has 2 N–H and O–H groups in total. The van der Waals surface area contributed by atoms with Crippen molar-refractivity contribution in [2.24, 2.45) is 0 Å². The Balaban J connectivity index is 2.30. The normalized spacial score (nSPS) is 11.3. The average molecular weight is 317 g/mol. The first-order chi connectivity index (χ1) is 9.35. The summed E-state index contributed by atoms with van der Waals surface area (Å²) >= 11 is 0.746. The minimum atomic E-state index is -3.84. The Kier molecular flexibility index (Phi) is 3.72. The third kappa shape index (κ3) is 2.63. The SMILES string of the molecule is COC(=O)c1nsc(NS(=O)(=O)c2c(C)n[nH]c2C)n1. The van der Waals surface area contributed by atoms with Crippen molar-refractivity contribution in [2.45, 2.75) is 18.7 Å². The van der Waals surface area contributed by atoms with Gasteiger partial charge in [0.05, 0.1) is 18.5 Å². The highest BCUT2D eigenvalue weighted by Crippen LogP contribution is 2.21. The van der Waals surface area contributed by atoms with Gasteiger partial charge in [0, 0.05) is 11.5 Å². The predicted octanol–water partition coefficient (Wildman–Crippen LogP) is 0.465. The van der Waals surface area contributed by atoms with E-state index < -0.39 is 16.0 Å². The van der Waals surface area contributed by atoms with Crippen LogP contribution in [0.2, 0.25) is 0 Å². The monoisotopic (exact) mass is 317 g/mol. The Morgan fingerprint density at radius 3 is 2.65 bits per heavy atom. The van der Waals surface area contributed by atoms with Crippen LogP contribution in [0.5, 0.6) is 0 Å². The molecule has 0 aromatic carbocycles. The van der Waals surface area contributed by atoms with Crippen LogP contribution in [0.4, 0.5) is 5.13 Å². The van der Waals surface area contributed by atoms with Crippen molar-refractivity contribution in [1.29, 1.82) is 0 Å². The molecule has 2 heterocycles. The number of anilines is 1. The minimum Gasteiger partial charge on any atom is -0.463 e. The quantitative estimate of drug-likeness (QED) is 0.784. The van der Waals surface area contributed by atoms with Crippen molar-refractivity contribution in [3.8, 4) is 0 Å². The van der Waals surface area contributed by atoms with E-state index in [0.29, 0.717) is 11.4 Å². The van der Waals surface area contributed by atoms with Crippen LogP contribution in [0.1, 0.15) is 22.0 Å². The van der Waals surface area contributed by atoms with Crippen LogP contribution < -0.4 is 4.72 Å². The van der Waals surface area contributed by atoms with E-state index in [-0.39, 0.29) is 15.9 Å². The fourth-order valence-corrected chi connectivity index (χ4v) is 3.70. The fraction of sp³-hybridized carbons (Fsp3) is 0.333. The second-order valence-electron chi connectivity index (χ2n) is 3.78. The topological polar surface area (TPSA) is 127 Å². The number of nitrogens with one attached hydrogen (secondary N) is 2. The summed E-state index contributed by atoms with van der Waals surface area (Å²) in [6, 6.07) is 0. The lowest BCUT2D eigenvalue weighted by Gasteiger charge is -2.04. The van der Waals surface area contributed by atoms with Crippen molar-refractivity contribution in [3.05, 3.63) is 17.2 Å². The molecule has 9 nitrogen and oxygen atoms in total. The Labute approximate surface area is 118 Å². The number of rotatable bonds is 4. The first-order valence-corrected chi connectivity index (χ1v) is 7.57. The van der Waals surface area contributed by atoms with Crippen LogP contribution in [-0.4, -0.2) is 41.1 Å². The van der Waals surface area contributed by atoms with Crippen LogP contribution in [0.25, 0.3) is 0 Å². The molecular formula is C9H11N5O4S2. The van der Waals surface area contributed by atoms with Crippen molar-refractivity contribution in [2.75, 3.05) is 11.8 Å². The Morgan fingerprint density at radius 2 is 2.10 bits per heavy atom. The number of hydrogen-bond acceptors (Lipinski definition) is 8. The first-order valence-electron chi connectivity index (χ1n) is 5.31. The van der Waals surface area contributed by atoms with Gasteiger partial charge in [-0.15, -0.1) is 0 Å². The summed E-state index contributed by atoms with van der Waals surface area (Å²) in [7, 11) is -2.65. The van der Waals surface area contributed by atoms with Gasteiger partial charge in [0.2, 0.25) is 5.13 Å². The third-order valence-corrected chi connectivity index (χ3v) is 4.71. The molecule has 0 radical (unpaired) electrons. The number of aryl methyl sites for hydroxylation is 2. The molecule has 0 saturated carbocycles. The summed E-state index contributed by atoms with van der Waals surface area (Å²) < 4.78 is 34.8. The van der Waals surface area contributed by atoms with Crippen LogP contribution in [0.3, 0.4) is 0 Å². The van der Waals surface area contributed by atoms with Crippen LogP contribution in [0.15, 0.2) is 4.90 Å². The molecular weight excluding hydrogens is 306 g/mol. The molecule has 2 aromatic heterocycles. The molecule has 2 rings (SSSR count). The van der Waals surface area contributed by atoms with Gasteiger partial charge in [0.1, 0.15) is 4.90 Å². The number of methoxy groups -OCH3 is 1. The molecule has 0 bridgehead atoms. The van der Waals surface area contributed by atoms with Gasteiger partial charge < -0.3 is 4.74 Å². The number of hydrogen-bond donors (Lipinski definition) is 2. The van der Waals surface area contributed by atoms with E-state index in [1.54, 1.807) is 13.8 Å². The zero-order valence-corrected chi connectivity index (χ0v) is 12.4. The highest BCUT2D eigenvalue weighted by atomic mass is 32.2. The summed E-state index contributed by atoms with van der Waals surface area (Å²) in [5.74, 6) is -0.932. The van der Waals surface area contributed by atoms with Gasteiger partial charge in [-0.2, -0.15) is 14.5 Å². The van der Waals surface area contributed by atoms with Gasteiger partial charge in [-0.05, 0) is 13.8 Å². The number of esters is 1. The van der Waals surface area contributed by atoms with E-state index in [1.807, 2.05) is 0 Å². The summed E-state index contributed by atoms with van der Waals surface area (Å²) in [5, 5.41) is 6.38. The van der Waals surface area contributed by atoms with Gasteiger partial charge in [-0.1, -0.05) is 0 Å². The van der Waals surface area contributed by atoms with Crippen molar-refractivity contribution in [1.82, 2.24) is 19.6 Å². The Hall–Kier alpha value is -2.01. The maximum atomic E-state index is 12.2. The van der Waals surface area contributed by atoms with E-state index in [9.17, 15) is 13.2 Å². The Morgan fingerprint density at radius 1 is 1.40 bits per heavy atom. The highest BCUT2D eigenvalue weighted by Gasteiger charge is 2.24. The number of H-pyrrole nitrogens is 1. The molecule has 0 amide bonds. The van der Waals surface area contributed by atoms with Gasteiger partial charge in [0.25, 0.3) is 15.8 Å². The number of ether oxygens (including phenoxy) is 1. The lowest BCUT2D eigenvalue weighted by Crippen LogP contribution is -2.14. The second-order valence-corrected chi connectivity index (χ2v) is 6.15. The van der Waals surface area contributed by atoms with Crippen LogP contribution in [-0.2, 0) is 14.8 Å². The predicted molar refractivity (Wildman–Crippen MR) is 70.1 cm³/mol. The molecule has 11 heteroatoms. The molecule has 0 spiro atoms. The molecule has 0 unspecified atom stereocenters. The van der Waals surface area contributed by atoms with Crippen molar-refractivity contribution < 1.29 is 17.9 Å². The second kappa shape index (κ2) is 5.17. The fourth-order valence-electron chi connectivity index (χ4n) is 1.54. The molecule has 0 fully saturated rings. The molecule has 20 heavy (non-hydrogen) atoms. The minimum absolute atomic E-state index is 0.0228. The number of aromatic amines is 1. The number of nitrogens with zero attached hydrogens (tertiary/aromatic N) is 3. The standard InChI is InChI=1S/C9H11N5O4S2/c1-4-6(5(2)12-11-4)20(16,17)14-9-10-7(13-19-9)8(15)18-3/h1-3H3,(H,11,12)(H,10,13,14). The van der Waals surface area contributed by atoms with Gasteiger partial charge >= 0.3 is 5.97 Å². The first kappa shape index (κ1) is 14.4. The summed E-state index contributed by atoms with van der Waals surface area (Å²) in [6.45, 7) is 3.16. The molecule has 0 saturated heterocycles. The summed E-state index contributed by atoms with van der Waals surface area (Å²) in [4.78, 5) is 15.0. The van der Waals surface area contributed by atoms with E-state index in [4.69, 9.17) is 0 Å².